The van der Waals surface area contributed by atoms with Crippen molar-refractivity contribution < 1.29 is 4.43 Å². The van der Waals surface area contributed by atoms with Gasteiger partial charge in [-0.25, -0.2) is 0 Å². The van der Waals surface area contributed by atoms with E-state index in [2.05, 4.69) is 54.9 Å². The van der Waals surface area contributed by atoms with Crippen molar-refractivity contribution in [3.8, 4) is 0 Å². The Kier molecular flexibility index (Phi) is 4.37. The fraction of sp³-hybridized carbons (Fsp3) is 0.727. The molecule has 0 aliphatic heterocycles. The molecule has 3 nitrogen and oxygen atoms in total. The summed E-state index contributed by atoms with van der Waals surface area (Å²) >= 11 is 3.38. The van der Waals surface area contributed by atoms with Crippen LogP contribution in [0.4, 0.5) is 0 Å². The standard InChI is InChI=1S/C11H21BrN2OSi/c1-11(2,3)16(4,5)15-7-6-14-9-10(12)8-13-14/h8-9H,6-7H2,1-5H3. The van der Waals surface area contributed by atoms with Crippen LogP contribution in [0.5, 0.6) is 0 Å². The quantitative estimate of drug-likeness (QED) is 0.794. The molecule has 16 heavy (non-hydrogen) atoms. The van der Waals surface area contributed by atoms with Crippen molar-refractivity contribution in [2.24, 2.45) is 0 Å². The molecule has 0 aliphatic rings. The van der Waals surface area contributed by atoms with E-state index in [-0.39, 0.29) is 5.04 Å². The first-order valence-corrected chi connectivity index (χ1v) is 9.24. The van der Waals surface area contributed by atoms with Crippen LogP contribution < -0.4 is 0 Å². The van der Waals surface area contributed by atoms with Gasteiger partial charge in [0.25, 0.3) is 0 Å². The van der Waals surface area contributed by atoms with Crippen LogP contribution in [0.3, 0.4) is 0 Å². The zero-order chi connectivity index (χ0) is 12.4. The van der Waals surface area contributed by atoms with Gasteiger partial charge in [-0.3, -0.25) is 4.68 Å². The predicted molar refractivity (Wildman–Crippen MR) is 73.1 cm³/mol. The van der Waals surface area contributed by atoms with E-state index in [0.717, 1.165) is 17.6 Å². The molecule has 0 aliphatic carbocycles. The van der Waals surface area contributed by atoms with Crippen LogP contribution in [-0.4, -0.2) is 24.7 Å². The lowest BCUT2D eigenvalue weighted by molar-refractivity contribution is 0.266. The second-order valence-electron chi connectivity index (χ2n) is 5.53. The molecule has 0 atom stereocenters. The SMILES string of the molecule is CC(C)(C)[Si](C)(C)OCCn1cc(Br)cn1. The van der Waals surface area contributed by atoms with Crippen molar-refractivity contribution >= 4 is 24.2 Å². The van der Waals surface area contributed by atoms with Crippen molar-refractivity contribution in [3.63, 3.8) is 0 Å². The van der Waals surface area contributed by atoms with Crippen LogP contribution in [0, 0.1) is 0 Å². The summed E-state index contributed by atoms with van der Waals surface area (Å²) in [5.41, 5.74) is 0. The summed E-state index contributed by atoms with van der Waals surface area (Å²) in [7, 11) is -1.60. The number of halogens is 1. The summed E-state index contributed by atoms with van der Waals surface area (Å²) in [6.07, 6.45) is 3.77. The monoisotopic (exact) mass is 304 g/mol. The molecule has 0 bridgehead atoms. The van der Waals surface area contributed by atoms with Crippen LogP contribution in [0.2, 0.25) is 18.1 Å². The molecule has 1 aromatic heterocycles. The molecular formula is C11H21BrN2OSi. The van der Waals surface area contributed by atoms with E-state index in [4.69, 9.17) is 4.43 Å². The average Bonchev–Trinajstić information content (AvgIpc) is 2.49. The van der Waals surface area contributed by atoms with Gasteiger partial charge >= 0.3 is 0 Å². The summed E-state index contributed by atoms with van der Waals surface area (Å²) in [6.45, 7) is 12.9. The average molecular weight is 305 g/mol. The molecule has 1 rings (SSSR count). The zero-order valence-electron chi connectivity index (χ0n) is 10.7. The Labute approximate surface area is 107 Å². The van der Waals surface area contributed by atoms with Crippen molar-refractivity contribution in [2.75, 3.05) is 6.61 Å². The first-order valence-electron chi connectivity index (χ1n) is 5.54. The van der Waals surface area contributed by atoms with Gasteiger partial charge in [-0.2, -0.15) is 5.10 Å². The van der Waals surface area contributed by atoms with Crippen LogP contribution in [0.25, 0.3) is 0 Å². The Hall–Kier alpha value is -0.133. The summed E-state index contributed by atoms with van der Waals surface area (Å²) in [4.78, 5) is 0. The maximum atomic E-state index is 6.07. The molecule has 0 N–H and O–H groups in total. The number of hydrogen-bond acceptors (Lipinski definition) is 2. The second kappa shape index (κ2) is 5.02. The Morgan fingerprint density at radius 3 is 2.50 bits per heavy atom. The third-order valence-electron chi connectivity index (χ3n) is 3.19. The van der Waals surface area contributed by atoms with Crippen LogP contribution in [0.1, 0.15) is 20.8 Å². The minimum atomic E-state index is -1.60. The molecule has 0 amide bonds. The Bertz CT molecular complexity index is 344. The molecule has 92 valence electrons. The molecule has 0 saturated carbocycles. The van der Waals surface area contributed by atoms with Gasteiger partial charge in [-0.05, 0) is 34.1 Å². The molecule has 0 saturated heterocycles. The van der Waals surface area contributed by atoms with Crippen LogP contribution in [0.15, 0.2) is 16.9 Å². The van der Waals surface area contributed by atoms with Gasteiger partial charge in [0.2, 0.25) is 0 Å². The van der Waals surface area contributed by atoms with E-state index in [0.29, 0.717) is 0 Å². The van der Waals surface area contributed by atoms with Crippen molar-refractivity contribution in [3.05, 3.63) is 16.9 Å². The first kappa shape index (κ1) is 13.9. The van der Waals surface area contributed by atoms with E-state index in [1.165, 1.54) is 0 Å². The smallest absolute Gasteiger partial charge is 0.192 e. The largest absolute Gasteiger partial charge is 0.415 e. The molecule has 0 radical (unpaired) electrons. The highest BCUT2D eigenvalue weighted by molar-refractivity contribution is 9.10. The molecule has 0 spiro atoms. The summed E-state index contributed by atoms with van der Waals surface area (Å²) in [5.74, 6) is 0. The molecule has 1 heterocycles. The Morgan fingerprint density at radius 1 is 1.44 bits per heavy atom. The molecule has 0 aromatic carbocycles. The third kappa shape index (κ3) is 3.71. The Balaban J connectivity index is 2.41. The normalized spacial score (nSPS) is 13.1. The minimum Gasteiger partial charge on any atom is -0.415 e. The maximum absolute atomic E-state index is 6.07. The first-order chi connectivity index (χ1) is 7.22. The van der Waals surface area contributed by atoms with E-state index in [9.17, 15) is 0 Å². The molecule has 0 fully saturated rings. The molecular weight excluding hydrogens is 284 g/mol. The highest BCUT2D eigenvalue weighted by Crippen LogP contribution is 2.36. The molecule has 1 aromatic rings. The van der Waals surface area contributed by atoms with Gasteiger partial charge in [-0.1, -0.05) is 20.8 Å². The lowest BCUT2D eigenvalue weighted by Gasteiger charge is -2.36. The van der Waals surface area contributed by atoms with E-state index >= 15 is 0 Å². The van der Waals surface area contributed by atoms with Gasteiger partial charge < -0.3 is 4.43 Å². The van der Waals surface area contributed by atoms with Gasteiger partial charge in [0, 0.05) is 6.20 Å². The van der Waals surface area contributed by atoms with Crippen molar-refractivity contribution in [2.45, 2.75) is 45.4 Å². The minimum absolute atomic E-state index is 0.275. The van der Waals surface area contributed by atoms with E-state index in [1.54, 1.807) is 6.20 Å². The summed E-state index contributed by atoms with van der Waals surface area (Å²) < 4.78 is 8.98. The molecule has 0 unspecified atom stereocenters. The highest BCUT2D eigenvalue weighted by Gasteiger charge is 2.36. The number of hydrogen-bond donors (Lipinski definition) is 0. The van der Waals surface area contributed by atoms with Crippen molar-refractivity contribution in [1.82, 2.24) is 9.78 Å². The van der Waals surface area contributed by atoms with Crippen LogP contribution >= 0.6 is 15.9 Å². The second-order valence-corrected chi connectivity index (χ2v) is 11.3. The molecule has 5 heteroatoms. The maximum Gasteiger partial charge on any atom is 0.192 e. The van der Waals surface area contributed by atoms with Gasteiger partial charge in [0.05, 0.1) is 23.8 Å². The number of aromatic nitrogens is 2. The van der Waals surface area contributed by atoms with Crippen molar-refractivity contribution in [1.29, 1.82) is 0 Å². The fourth-order valence-electron chi connectivity index (χ4n) is 1.07. The van der Waals surface area contributed by atoms with Gasteiger partial charge in [0.15, 0.2) is 8.32 Å². The Morgan fingerprint density at radius 2 is 2.06 bits per heavy atom. The fourth-order valence-corrected chi connectivity index (χ4v) is 2.43. The number of rotatable bonds is 4. The summed E-state index contributed by atoms with van der Waals surface area (Å²) in [5, 5.41) is 4.48. The van der Waals surface area contributed by atoms with E-state index in [1.807, 2.05) is 10.9 Å². The van der Waals surface area contributed by atoms with Gasteiger partial charge in [0.1, 0.15) is 0 Å². The number of nitrogens with zero attached hydrogens (tertiary/aromatic N) is 2. The third-order valence-corrected chi connectivity index (χ3v) is 8.14. The van der Waals surface area contributed by atoms with E-state index < -0.39 is 8.32 Å². The lowest BCUT2D eigenvalue weighted by Crippen LogP contribution is -2.41. The predicted octanol–water partition coefficient (Wildman–Crippen LogP) is 3.67. The van der Waals surface area contributed by atoms with Gasteiger partial charge in [-0.15, -0.1) is 0 Å². The highest BCUT2D eigenvalue weighted by atomic mass is 79.9. The van der Waals surface area contributed by atoms with Crippen LogP contribution in [-0.2, 0) is 11.0 Å². The topological polar surface area (TPSA) is 27.1 Å². The summed E-state index contributed by atoms with van der Waals surface area (Å²) in [6, 6.07) is 0. The zero-order valence-corrected chi connectivity index (χ0v) is 13.3. The lowest BCUT2D eigenvalue weighted by atomic mass is 10.2.